The first kappa shape index (κ1) is 19.7. The molecule has 0 unspecified atom stereocenters. The summed E-state index contributed by atoms with van der Waals surface area (Å²) in [5.41, 5.74) is 3.19. The van der Waals surface area contributed by atoms with Crippen molar-refractivity contribution in [2.45, 2.75) is 19.8 Å². The Bertz CT molecular complexity index is 1000. The number of nitrogens with zero attached hydrogens (tertiary/aromatic N) is 4. The van der Waals surface area contributed by atoms with E-state index in [-0.39, 0.29) is 18.2 Å². The van der Waals surface area contributed by atoms with Crippen molar-refractivity contribution in [2.75, 3.05) is 6.54 Å². The highest BCUT2D eigenvalue weighted by Crippen LogP contribution is 2.30. The highest BCUT2D eigenvalue weighted by Gasteiger charge is 2.31. The molecule has 0 fully saturated rings. The lowest BCUT2D eigenvalue weighted by atomic mass is 10.1. The van der Waals surface area contributed by atoms with Crippen LogP contribution in [0.4, 0.5) is 13.2 Å². The van der Waals surface area contributed by atoms with Gasteiger partial charge in [-0.15, -0.1) is 24.5 Å². The van der Waals surface area contributed by atoms with Crippen LogP contribution in [0.1, 0.15) is 12.7 Å². The monoisotopic (exact) mass is 408 g/mol. The van der Waals surface area contributed by atoms with Gasteiger partial charge in [0, 0.05) is 12.1 Å². The molecule has 0 saturated heterocycles. The molecule has 2 heterocycles. The SMILES string of the molecule is C=CC(=O)N(CC)Cc1nc(-c2ccc(OC(F)(F)F)cc2)c2ncsc2n1. The van der Waals surface area contributed by atoms with Gasteiger partial charge in [0.15, 0.2) is 0 Å². The van der Waals surface area contributed by atoms with Crippen LogP contribution in [0.3, 0.4) is 0 Å². The van der Waals surface area contributed by atoms with Crippen LogP contribution >= 0.6 is 11.3 Å². The number of likely N-dealkylation sites (N-methyl/N-ethyl adjacent to an activating group) is 1. The average molecular weight is 408 g/mol. The normalized spacial score (nSPS) is 11.4. The Hall–Kier alpha value is -3.01. The van der Waals surface area contributed by atoms with Gasteiger partial charge in [-0.3, -0.25) is 4.79 Å². The van der Waals surface area contributed by atoms with Gasteiger partial charge in [0.25, 0.3) is 0 Å². The number of ether oxygens (including phenoxy) is 1. The topological polar surface area (TPSA) is 68.2 Å². The Labute approximate surface area is 162 Å². The van der Waals surface area contributed by atoms with Gasteiger partial charge in [-0.05, 0) is 37.3 Å². The van der Waals surface area contributed by atoms with Crippen molar-refractivity contribution in [3.8, 4) is 17.0 Å². The van der Waals surface area contributed by atoms with Crippen molar-refractivity contribution in [3.63, 3.8) is 0 Å². The van der Waals surface area contributed by atoms with Crippen molar-refractivity contribution in [1.82, 2.24) is 19.9 Å². The zero-order valence-electron chi connectivity index (χ0n) is 14.7. The molecule has 0 aliphatic rings. The summed E-state index contributed by atoms with van der Waals surface area (Å²) < 4.78 is 40.9. The van der Waals surface area contributed by atoms with Gasteiger partial charge in [0.05, 0.1) is 12.1 Å². The summed E-state index contributed by atoms with van der Waals surface area (Å²) in [6.07, 6.45) is -3.54. The highest BCUT2D eigenvalue weighted by molar-refractivity contribution is 7.16. The molecule has 0 aliphatic carbocycles. The molecule has 0 aliphatic heterocycles. The van der Waals surface area contributed by atoms with Gasteiger partial charge in [-0.2, -0.15) is 0 Å². The first-order valence-electron chi connectivity index (χ1n) is 8.18. The Morgan fingerprint density at radius 2 is 2.00 bits per heavy atom. The van der Waals surface area contributed by atoms with Crippen LogP contribution in [0.15, 0.2) is 42.4 Å². The van der Waals surface area contributed by atoms with Gasteiger partial charge >= 0.3 is 6.36 Å². The molecule has 0 bridgehead atoms. The summed E-state index contributed by atoms with van der Waals surface area (Å²) in [4.78, 5) is 27.2. The zero-order chi connectivity index (χ0) is 20.3. The van der Waals surface area contributed by atoms with Crippen LogP contribution in [-0.2, 0) is 11.3 Å². The van der Waals surface area contributed by atoms with E-state index in [0.29, 0.717) is 34.0 Å². The van der Waals surface area contributed by atoms with Crippen LogP contribution < -0.4 is 4.74 Å². The Morgan fingerprint density at radius 3 is 2.61 bits per heavy atom. The summed E-state index contributed by atoms with van der Waals surface area (Å²) in [6, 6.07) is 5.36. The molecule has 146 valence electrons. The molecule has 10 heteroatoms. The van der Waals surface area contributed by atoms with Gasteiger partial charge in [0.1, 0.15) is 27.6 Å². The van der Waals surface area contributed by atoms with E-state index in [9.17, 15) is 18.0 Å². The summed E-state index contributed by atoms with van der Waals surface area (Å²) in [5, 5.41) is 0. The van der Waals surface area contributed by atoms with Crippen LogP contribution in [0.25, 0.3) is 21.6 Å². The molecule has 6 nitrogen and oxygen atoms in total. The second kappa shape index (κ2) is 7.93. The smallest absolute Gasteiger partial charge is 0.406 e. The molecule has 1 amide bonds. The first-order chi connectivity index (χ1) is 13.3. The third kappa shape index (κ3) is 4.45. The molecular formula is C18H15F3N4O2S. The number of fused-ring (bicyclic) bond motifs is 1. The van der Waals surface area contributed by atoms with E-state index in [1.54, 1.807) is 5.51 Å². The van der Waals surface area contributed by atoms with Crippen molar-refractivity contribution in [1.29, 1.82) is 0 Å². The lowest BCUT2D eigenvalue weighted by molar-refractivity contribution is -0.274. The van der Waals surface area contributed by atoms with E-state index in [0.717, 1.165) is 0 Å². The van der Waals surface area contributed by atoms with Crippen molar-refractivity contribution >= 4 is 27.6 Å². The molecule has 3 rings (SSSR count). The van der Waals surface area contributed by atoms with Crippen molar-refractivity contribution in [3.05, 3.63) is 48.3 Å². The fourth-order valence-electron chi connectivity index (χ4n) is 2.54. The molecule has 3 aromatic rings. The van der Waals surface area contributed by atoms with Gasteiger partial charge in [0.2, 0.25) is 5.91 Å². The minimum atomic E-state index is -4.76. The molecule has 0 radical (unpaired) electrons. The van der Waals surface area contributed by atoms with E-state index in [1.807, 2.05) is 6.92 Å². The highest BCUT2D eigenvalue weighted by atomic mass is 32.1. The third-order valence-corrected chi connectivity index (χ3v) is 4.52. The predicted molar refractivity (Wildman–Crippen MR) is 98.6 cm³/mol. The number of hydrogen-bond acceptors (Lipinski definition) is 6. The average Bonchev–Trinajstić information content (AvgIpc) is 3.13. The molecule has 0 N–H and O–H groups in total. The lowest BCUT2D eigenvalue weighted by Gasteiger charge is -2.18. The largest absolute Gasteiger partial charge is 0.573 e. The van der Waals surface area contributed by atoms with E-state index in [4.69, 9.17) is 0 Å². The maximum Gasteiger partial charge on any atom is 0.573 e. The molecule has 28 heavy (non-hydrogen) atoms. The molecule has 0 spiro atoms. The number of benzene rings is 1. The summed E-state index contributed by atoms with van der Waals surface area (Å²) in [7, 11) is 0. The lowest BCUT2D eigenvalue weighted by Crippen LogP contribution is -2.29. The second-order valence-electron chi connectivity index (χ2n) is 5.62. The number of thiazole rings is 1. The number of halogens is 3. The summed E-state index contributed by atoms with van der Waals surface area (Å²) >= 11 is 1.31. The zero-order valence-corrected chi connectivity index (χ0v) is 15.5. The van der Waals surface area contributed by atoms with Crippen LogP contribution in [0.5, 0.6) is 5.75 Å². The third-order valence-electron chi connectivity index (χ3n) is 3.81. The van der Waals surface area contributed by atoms with E-state index >= 15 is 0 Å². The van der Waals surface area contributed by atoms with Gasteiger partial charge in [-0.25, -0.2) is 15.0 Å². The van der Waals surface area contributed by atoms with Gasteiger partial charge < -0.3 is 9.64 Å². The molecular weight excluding hydrogens is 393 g/mol. The maximum absolute atomic E-state index is 12.3. The van der Waals surface area contributed by atoms with E-state index < -0.39 is 6.36 Å². The number of alkyl halides is 3. The molecule has 2 aromatic heterocycles. The number of aromatic nitrogens is 3. The number of hydrogen-bond donors (Lipinski definition) is 0. The maximum atomic E-state index is 12.3. The van der Waals surface area contributed by atoms with Gasteiger partial charge in [-0.1, -0.05) is 6.58 Å². The Morgan fingerprint density at radius 1 is 1.29 bits per heavy atom. The van der Waals surface area contributed by atoms with Crippen LogP contribution in [-0.4, -0.2) is 38.7 Å². The predicted octanol–water partition coefficient (Wildman–Crippen LogP) is 4.19. The molecule has 1 aromatic carbocycles. The number of amides is 1. The number of carbonyl (C=O) groups is 1. The molecule has 0 saturated carbocycles. The molecule has 0 atom stereocenters. The van der Waals surface area contributed by atoms with E-state index in [1.165, 1.54) is 46.6 Å². The second-order valence-corrected chi connectivity index (χ2v) is 6.46. The van der Waals surface area contributed by atoms with Crippen molar-refractivity contribution < 1.29 is 22.7 Å². The Kier molecular flexibility index (Phi) is 5.59. The van der Waals surface area contributed by atoms with Crippen molar-refractivity contribution in [2.24, 2.45) is 0 Å². The quantitative estimate of drug-likeness (QED) is 0.572. The fraction of sp³-hybridized carbons (Fsp3) is 0.222. The van der Waals surface area contributed by atoms with Crippen LogP contribution in [0.2, 0.25) is 0 Å². The standard InChI is InChI=1S/C18H15F3N4O2S/c1-3-14(26)25(4-2)9-13-23-15(16-17(24-13)28-10-22-16)11-5-7-12(8-6-11)27-18(19,20)21/h3,5-8,10H,1,4,9H2,2H3. The van der Waals surface area contributed by atoms with E-state index in [2.05, 4.69) is 26.3 Å². The minimum Gasteiger partial charge on any atom is -0.406 e. The number of rotatable bonds is 6. The summed E-state index contributed by atoms with van der Waals surface area (Å²) in [5.74, 6) is -0.168. The Balaban J connectivity index is 1.97. The minimum absolute atomic E-state index is 0.178. The first-order valence-corrected chi connectivity index (χ1v) is 9.06. The summed E-state index contributed by atoms with van der Waals surface area (Å²) in [6.45, 7) is 5.94. The number of carbonyl (C=O) groups excluding carboxylic acids is 1. The van der Waals surface area contributed by atoms with Crippen LogP contribution in [0, 0.1) is 0 Å². The fourth-order valence-corrected chi connectivity index (χ4v) is 3.21.